The molecule has 4 heteroatoms. The highest BCUT2D eigenvalue weighted by molar-refractivity contribution is 6.93. The van der Waals surface area contributed by atoms with E-state index in [9.17, 15) is 0 Å². The SMILES string of the molecule is CC(C)(C)c1ccc(N2B3c4cc5oc6ccccc6c5cc4N(c4ccc(C(C)(C)C)cc4-c4ccccc4)c4cc(-c5ccccc5)cc(c43)-c3cc4c(cc32)C(C)(C)CCC4(C)C)cc1. The number of benzene rings is 8. The van der Waals surface area contributed by atoms with E-state index in [0.29, 0.717) is 0 Å². The molecule has 0 fully saturated rings. The standard InChI is InChI=1S/C64H61BN2O/c1-61(2,3)43-25-28-45(29-26-43)67-55-38-52-51(63(7,8)31-32-64(52,9)10)36-48(55)50-33-42(40-19-13-11-14-20-40)34-57-60(50)65(67)53-39-59-49(46-23-17-18-24-58(46)68-59)37-56(53)66(57)54-30-27-44(62(4,5)6)35-47(54)41-21-15-12-16-22-41/h11-30,33-39H,31-32H2,1-10H3. The molecule has 0 amide bonds. The maximum atomic E-state index is 6.86. The summed E-state index contributed by atoms with van der Waals surface area (Å²) in [6.07, 6.45) is 2.30. The number of rotatable bonds is 4. The average molecular weight is 885 g/mol. The number of furan rings is 1. The summed E-state index contributed by atoms with van der Waals surface area (Å²) in [6, 6.07) is 62.3. The van der Waals surface area contributed by atoms with Gasteiger partial charge in [-0.3, -0.25) is 0 Å². The molecule has 336 valence electrons. The molecule has 0 N–H and O–H groups in total. The van der Waals surface area contributed by atoms with Crippen molar-refractivity contribution in [3.05, 3.63) is 186 Å². The lowest BCUT2D eigenvalue weighted by Gasteiger charge is -2.48. The molecule has 9 aromatic rings. The minimum Gasteiger partial charge on any atom is -0.456 e. The van der Waals surface area contributed by atoms with E-state index in [1.54, 1.807) is 0 Å². The van der Waals surface area contributed by atoms with Crippen LogP contribution >= 0.6 is 0 Å². The van der Waals surface area contributed by atoms with Gasteiger partial charge in [0.05, 0.1) is 5.69 Å². The van der Waals surface area contributed by atoms with Crippen molar-refractivity contribution in [1.29, 1.82) is 0 Å². The molecule has 0 atom stereocenters. The average Bonchev–Trinajstić information content (AvgIpc) is 3.69. The van der Waals surface area contributed by atoms with Gasteiger partial charge in [-0.05, 0) is 157 Å². The van der Waals surface area contributed by atoms with Gasteiger partial charge in [0.2, 0.25) is 0 Å². The Balaban J connectivity index is 1.26. The Morgan fingerprint density at radius 2 is 1.07 bits per heavy atom. The fourth-order valence-corrected chi connectivity index (χ4v) is 11.7. The highest BCUT2D eigenvalue weighted by Crippen LogP contribution is 2.55. The number of nitrogens with zero attached hydrogens (tertiary/aromatic N) is 2. The summed E-state index contributed by atoms with van der Waals surface area (Å²) in [4.78, 5) is 5.31. The molecule has 3 heterocycles. The van der Waals surface area contributed by atoms with Gasteiger partial charge in [0.15, 0.2) is 0 Å². The zero-order valence-corrected chi connectivity index (χ0v) is 41.4. The van der Waals surface area contributed by atoms with Gasteiger partial charge >= 0.3 is 6.85 Å². The molecule has 8 aromatic carbocycles. The second kappa shape index (κ2) is 14.9. The Morgan fingerprint density at radius 1 is 0.456 bits per heavy atom. The minimum absolute atomic E-state index is 0.0183. The van der Waals surface area contributed by atoms with E-state index < -0.39 is 0 Å². The Kier molecular flexibility index (Phi) is 9.30. The summed E-state index contributed by atoms with van der Waals surface area (Å²) < 4.78 is 6.86. The van der Waals surface area contributed by atoms with Crippen LogP contribution in [0.2, 0.25) is 0 Å². The van der Waals surface area contributed by atoms with E-state index in [1.807, 2.05) is 0 Å². The van der Waals surface area contributed by atoms with Crippen molar-refractivity contribution in [2.75, 3.05) is 9.71 Å². The summed E-state index contributed by atoms with van der Waals surface area (Å²) in [5, 5.41) is 2.25. The van der Waals surface area contributed by atoms with Crippen molar-refractivity contribution in [1.82, 2.24) is 0 Å². The number of anilines is 5. The van der Waals surface area contributed by atoms with Crippen molar-refractivity contribution < 1.29 is 4.42 Å². The smallest absolute Gasteiger partial charge is 0.333 e. The van der Waals surface area contributed by atoms with E-state index in [1.165, 1.54) is 83.6 Å². The van der Waals surface area contributed by atoms with Crippen LogP contribution in [0.5, 0.6) is 0 Å². The summed E-state index contributed by atoms with van der Waals surface area (Å²) in [7, 11) is 0. The van der Waals surface area contributed by atoms with E-state index in [4.69, 9.17) is 4.42 Å². The summed E-state index contributed by atoms with van der Waals surface area (Å²) in [6.45, 7) is 23.5. The van der Waals surface area contributed by atoms with Gasteiger partial charge in [-0.15, -0.1) is 0 Å². The molecular formula is C64H61BN2O. The van der Waals surface area contributed by atoms with E-state index in [-0.39, 0.29) is 28.5 Å². The number of hydrogen-bond acceptors (Lipinski definition) is 3. The maximum Gasteiger partial charge on any atom is 0.333 e. The van der Waals surface area contributed by atoms with Crippen LogP contribution in [0.4, 0.5) is 28.4 Å². The highest BCUT2D eigenvalue weighted by atomic mass is 16.3. The normalized spacial score (nSPS) is 15.8. The van der Waals surface area contributed by atoms with Crippen LogP contribution in [0.25, 0.3) is 55.3 Å². The number of hydrogen-bond donors (Lipinski definition) is 0. The first kappa shape index (κ1) is 42.6. The molecule has 0 saturated heterocycles. The van der Waals surface area contributed by atoms with Crippen molar-refractivity contribution in [2.45, 2.75) is 104 Å². The molecule has 1 aromatic heterocycles. The Labute approximate surface area is 403 Å². The maximum absolute atomic E-state index is 6.86. The fraction of sp³-hybridized carbons (Fsp3) is 0.250. The minimum atomic E-state index is -0.173. The van der Waals surface area contributed by atoms with Crippen LogP contribution in [0.1, 0.15) is 104 Å². The molecule has 1 aliphatic carbocycles. The third-order valence-electron chi connectivity index (χ3n) is 15.8. The zero-order chi connectivity index (χ0) is 47.1. The number of para-hydroxylation sites is 1. The van der Waals surface area contributed by atoms with Crippen molar-refractivity contribution in [3.8, 4) is 33.4 Å². The second-order valence-electron chi connectivity index (χ2n) is 23.3. The zero-order valence-electron chi connectivity index (χ0n) is 41.4. The summed E-state index contributed by atoms with van der Waals surface area (Å²) in [5.41, 5.74) is 23.3. The highest BCUT2D eigenvalue weighted by Gasteiger charge is 2.48. The molecule has 3 nitrogen and oxygen atoms in total. The van der Waals surface area contributed by atoms with Crippen molar-refractivity contribution in [3.63, 3.8) is 0 Å². The van der Waals surface area contributed by atoms with Gasteiger partial charge in [-0.1, -0.05) is 166 Å². The molecule has 0 radical (unpaired) electrons. The second-order valence-corrected chi connectivity index (χ2v) is 23.3. The first-order valence-corrected chi connectivity index (χ1v) is 24.7. The van der Waals surface area contributed by atoms with Crippen LogP contribution in [0, 0.1) is 0 Å². The van der Waals surface area contributed by atoms with Crippen LogP contribution in [0.15, 0.2) is 168 Å². The van der Waals surface area contributed by atoms with E-state index in [2.05, 4.69) is 243 Å². The van der Waals surface area contributed by atoms with Gasteiger partial charge in [-0.2, -0.15) is 0 Å². The van der Waals surface area contributed by atoms with Crippen LogP contribution in [-0.2, 0) is 21.7 Å². The van der Waals surface area contributed by atoms with E-state index in [0.717, 1.165) is 46.2 Å². The summed E-state index contributed by atoms with van der Waals surface area (Å²) >= 11 is 0. The van der Waals surface area contributed by atoms with Gasteiger partial charge < -0.3 is 14.1 Å². The summed E-state index contributed by atoms with van der Waals surface area (Å²) in [5.74, 6) is 0. The van der Waals surface area contributed by atoms with Crippen molar-refractivity contribution >= 4 is 68.1 Å². The molecule has 2 aliphatic heterocycles. The van der Waals surface area contributed by atoms with Gasteiger partial charge in [0, 0.05) is 44.6 Å². The Bertz CT molecular complexity index is 3470. The first-order chi connectivity index (χ1) is 32.5. The molecule has 0 unspecified atom stereocenters. The van der Waals surface area contributed by atoms with E-state index >= 15 is 0 Å². The van der Waals surface area contributed by atoms with Crippen LogP contribution in [-0.4, -0.2) is 6.85 Å². The predicted molar refractivity (Wildman–Crippen MR) is 291 cm³/mol. The molecule has 68 heavy (non-hydrogen) atoms. The number of fused-ring (bicyclic) bond motifs is 8. The molecule has 0 spiro atoms. The molecule has 3 aliphatic rings. The lowest BCUT2D eigenvalue weighted by atomic mass is 9.43. The fourth-order valence-electron chi connectivity index (χ4n) is 11.7. The third-order valence-corrected chi connectivity index (χ3v) is 15.8. The first-order valence-electron chi connectivity index (χ1n) is 24.7. The predicted octanol–water partition coefficient (Wildman–Crippen LogP) is 16.6. The Hall–Kier alpha value is -6.78. The van der Waals surface area contributed by atoms with Gasteiger partial charge in [0.1, 0.15) is 11.2 Å². The molecule has 0 bridgehead atoms. The molecule has 12 rings (SSSR count). The van der Waals surface area contributed by atoms with Crippen LogP contribution in [0.3, 0.4) is 0 Å². The molecular weight excluding hydrogens is 824 g/mol. The third kappa shape index (κ3) is 6.61. The van der Waals surface area contributed by atoms with Gasteiger partial charge in [0.25, 0.3) is 0 Å². The topological polar surface area (TPSA) is 19.6 Å². The van der Waals surface area contributed by atoms with Crippen LogP contribution < -0.4 is 20.6 Å². The quantitative estimate of drug-likeness (QED) is 0.164. The largest absolute Gasteiger partial charge is 0.456 e. The Morgan fingerprint density at radius 3 is 1.75 bits per heavy atom. The van der Waals surface area contributed by atoms with Gasteiger partial charge in [-0.25, -0.2) is 0 Å². The molecule has 0 saturated carbocycles. The van der Waals surface area contributed by atoms with Crippen molar-refractivity contribution in [2.24, 2.45) is 0 Å². The lowest BCUT2D eigenvalue weighted by Crippen LogP contribution is -2.61. The monoisotopic (exact) mass is 884 g/mol. The lowest BCUT2D eigenvalue weighted by molar-refractivity contribution is 0.332.